The Morgan fingerprint density at radius 2 is 2.06 bits per heavy atom. The highest BCUT2D eigenvalue weighted by Crippen LogP contribution is 2.23. The standard InChI is InChI=1S/C13H19NO2/c1-9-5-6-12(14(3)4)11(7-9)8-10(2)13(15)16/h5-7,10H,8H2,1-4H3,(H,15,16). The van der Waals surface area contributed by atoms with Gasteiger partial charge in [0.05, 0.1) is 5.92 Å². The Morgan fingerprint density at radius 3 is 2.56 bits per heavy atom. The van der Waals surface area contributed by atoms with Crippen LogP contribution in [-0.2, 0) is 11.2 Å². The quantitative estimate of drug-likeness (QED) is 0.848. The molecule has 0 saturated carbocycles. The van der Waals surface area contributed by atoms with Crippen LogP contribution in [0.4, 0.5) is 5.69 Å². The Bertz CT molecular complexity index is 386. The Labute approximate surface area is 96.7 Å². The van der Waals surface area contributed by atoms with Crippen molar-refractivity contribution in [2.75, 3.05) is 19.0 Å². The Balaban J connectivity index is 3.01. The number of hydrogen-bond acceptors (Lipinski definition) is 2. The van der Waals surface area contributed by atoms with E-state index in [-0.39, 0.29) is 5.92 Å². The second kappa shape index (κ2) is 5.01. The molecule has 88 valence electrons. The first kappa shape index (κ1) is 12.6. The van der Waals surface area contributed by atoms with Crippen molar-refractivity contribution in [1.29, 1.82) is 0 Å². The largest absolute Gasteiger partial charge is 0.481 e. The van der Waals surface area contributed by atoms with Crippen molar-refractivity contribution in [3.8, 4) is 0 Å². The van der Waals surface area contributed by atoms with Gasteiger partial charge in [0.1, 0.15) is 0 Å². The highest BCUT2D eigenvalue weighted by atomic mass is 16.4. The third-order valence-corrected chi connectivity index (χ3v) is 2.66. The molecule has 0 spiro atoms. The van der Waals surface area contributed by atoms with E-state index in [1.165, 1.54) is 0 Å². The lowest BCUT2D eigenvalue weighted by Crippen LogP contribution is -2.16. The summed E-state index contributed by atoms with van der Waals surface area (Å²) in [4.78, 5) is 12.9. The number of benzene rings is 1. The minimum Gasteiger partial charge on any atom is -0.481 e. The highest BCUT2D eigenvalue weighted by molar-refractivity contribution is 5.70. The van der Waals surface area contributed by atoms with E-state index in [4.69, 9.17) is 5.11 Å². The van der Waals surface area contributed by atoms with E-state index in [0.29, 0.717) is 6.42 Å². The maximum atomic E-state index is 10.9. The number of rotatable bonds is 4. The van der Waals surface area contributed by atoms with Gasteiger partial charge < -0.3 is 10.0 Å². The minimum atomic E-state index is -0.744. The molecule has 0 heterocycles. The van der Waals surface area contributed by atoms with Gasteiger partial charge in [0.25, 0.3) is 0 Å². The van der Waals surface area contributed by atoms with Crippen LogP contribution >= 0.6 is 0 Å². The zero-order chi connectivity index (χ0) is 12.3. The third kappa shape index (κ3) is 2.99. The van der Waals surface area contributed by atoms with Crippen LogP contribution in [-0.4, -0.2) is 25.2 Å². The summed E-state index contributed by atoms with van der Waals surface area (Å²) in [5.41, 5.74) is 3.36. The van der Waals surface area contributed by atoms with Gasteiger partial charge in [0.2, 0.25) is 0 Å². The molecule has 3 nitrogen and oxygen atoms in total. The molecule has 1 N–H and O–H groups in total. The van der Waals surface area contributed by atoms with Gasteiger partial charge in [0.15, 0.2) is 0 Å². The topological polar surface area (TPSA) is 40.5 Å². The first-order valence-corrected chi connectivity index (χ1v) is 5.41. The molecule has 0 aliphatic carbocycles. The van der Waals surface area contributed by atoms with Gasteiger partial charge >= 0.3 is 5.97 Å². The van der Waals surface area contributed by atoms with E-state index < -0.39 is 5.97 Å². The van der Waals surface area contributed by atoms with Crippen LogP contribution in [0.25, 0.3) is 0 Å². The van der Waals surface area contributed by atoms with Gasteiger partial charge in [-0.2, -0.15) is 0 Å². The minimum absolute atomic E-state index is 0.347. The summed E-state index contributed by atoms with van der Waals surface area (Å²) >= 11 is 0. The number of hydrogen-bond donors (Lipinski definition) is 1. The summed E-state index contributed by atoms with van der Waals surface area (Å²) in [6.07, 6.45) is 0.574. The fourth-order valence-electron chi connectivity index (χ4n) is 1.73. The molecule has 1 rings (SSSR count). The molecule has 1 aromatic carbocycles. The van der Waals surface area contributed by atoms with Gasteiger partial charge in [0, 0.05) is 19.8 Å². The lowest BCUT2D eigenvalue weighted by molar-refractivity contribution is -0.141. The zero-order valence-corrected chi connectivity index (χ0v) is 10.3. The van der Waals surface area contributed by atoms with Crippen molar-refractivity contribution >= 4 is 11.7 Å². The van der Waals surface area contributed by atoms with Crippen LogP contribution in [0.15, 0.2) is 18.2 Å². The fraction of sp³-hybridized carbons (Fsp3) is 0.462. The Hall–Kier alpha value is -1.51. The molecule has 0 aromatic heterocycles. The second-order valence-corrected chi connectivity index (χ2v) is 4.47. The summed E-state index contributed by atoms with van der Waals surface area (Å²) < 4.78 is 0. The van der Waals surface area contributed by atoms with Crippen LogP contribution in [0.1, 0.15) is 18.1 Å². The highest BCUT2D eigenvalue weighted by Gasteiger charge is 2.14. The molecule has 0 aliphatic heterocycles. The van der Waals surface area contributed by atoms with Crippen LogP contribution in [0.3, 0.4) is 0 Å². The molecule has 1 aromatic rings. The molecule has 0 saturated heterocycles. The van der Waals surface area contributed by atoms with Crippen molar-refractivity contribution in [3.05, 3.63) is 29.3 Å². The van der Waals surface area contributed by atoms with Crippen LogP contribution in [0.2, 0.25) is 0 Å². The molecule has 0 bridgehead atoms. The van der Waals surface area contributed by atoms with E-state index in [0.717, 1.165) is 16.8 Å². The maximum Gasteiger partial charge on any atom is 0.306 e. The summed E-state index contributed by atoms with van der Waals surface area (Å²) in [7, 11) is 3.94. The summed E-state index contributed by atoms with van der Waals surface area (Å²) in [5.74, 6) is -1.09. The van der Waals surface area contributed by atoms with Crippen molar-refractivity contribution < 1.29 is 9.90 Å². The summed E-state index contributed by atoms with van der Waals surface area (Å²) in [6.45, 7) is 3.76. The predicted molar refractivity (Wildman–Crippen MR) is 66.0 cm³/mol. The van der Waals surface area contributed by atoms with E-state index in [1.807, 2.05) is 38.1 Å². The first-order chi connectivity index (χ1) is 7.41. The average Bonchev–Trinajstić information content (AvgIpc) is 2.16. The maximum absolute atomic E-state index is 10.9. The third-order valence-electron chi connectivity index (χ3n) is 2.66. The molecular weight excluding hydrogens is 202 g/mol. The Kier molecular flexibility index (Phi) is 3.93. The normalized spacial score (nSPS) is 12.2. The molecular formula is C13H19NO2. The molecule has 3 heteroatoms. The molecule has 0 amide bonds. The average molecular weight is 221 g/mol. The van der Waals surface area contributed by atoms with Crippen LogP contribution in [0, 0.1) is 12.8 Å². The number of carboxylic acid groups (broad SMARTS) is 1. The SMILES string of the molecule is Cc1ccc(N(C)C)c(CC(C)C(=O)O)c1. The van der Waals surface area contributed by atoms with Gasteiger partial charge in [-0.15, -0.1) is 0 Å². The number of anilines is 1. The van der Waals surface area contributed by atoms with E-state index >= 15 is 0 Å². The van der Waals surface area contributed by atoms with Gasteiger partial charge in [-0.05, 0) is 25.0 Å². The lowest BCUT2D eigenvalue weighted by Gasteiger charge is -2.19. The summed E-state index contributed by atoms with van der Waals surface area (Å²) in [6, 6.07) is 6.15. The first-order valence-electron chi connectivity index (χ1n) is 5.41. The van der Waals surface area contributed by atoms with Crippen LogP contribution in [0.5, 0.6) is 0 Å². The molecule has 0 radical (unpaired) electrons. The number of aliphatic carboxylic acids is 1. The smallest absolute Gasteiger partial charge is 0.306 e. The van der Waals surface area contributed by atoms with Crippen molar-refractivity contribution in [2.45, 2.75) is 20.3 Å². The molecule has 0 aliphatic rings. The molecule has 16 heavy (non-hydrogen) atoms. The van der Waals surface area contributed by atoms with Crippen LogP contribution < -0.4 is 4.90 Å². The van der Waals surface area contributed by atoms with Gasteiger partial charge in [-0.1, -0.05) is 24.6 Å². The molecule has 0 fully saturated rings. The lowest BCUT2D eigenvalue weighted by atomic mass is 9.98. The second-order valence-electron chi connectivity index (χ2n) is 4.47. The van der Waals surface area contributed by atoms with Crippen molar-refractivity contribution in [3.63, 3.8) is 0 Å². The van der Waals surface area contributed by atoms with Crippen molar-refractivity contribution in [1.82, 2.24) is 0 Å². The monoisotopic (exact) mass is 221 g/mol. The van der Waals surface area contributed by atoms with E-state index in [2.05, 4.69) is 6.07 Å². The van der Waals surface area contributed by atoms with E-state index in [1.54, 1.807) is 6.92 Å². The number of aryl methyl sites for hydroxylation is 1. The number of nitrogens with zero attached hydrogens (tertiary/aromatic N) is 1. The Morgan fingerprint density at radius 1 is 1.44 bits per heavy atom. The molecule has 1 atom stereocenters. The predicted octanol–water partition coefficient (Wildman–Crippen LogP) is 2.32. The summed E-state index contributed by atoms with van der Waals surface area (Å²) in [5, 5.41) is 8.93. The van der Waals surface area contributed by atoms with Gasteiger partial charge in [-0.3, -0.25) is 4.79 Å². The van der Waals surface area contributed by atoms with Crippen molar-refractivity contribution in [2.24, 2.45) is 5.92 Å². The zero-order valence-electron chi connectivity index (χ0n) is 10.3. The number of carbonyl (C=O) groups is 1. The van der Waals surface area contributed by atoms with E-state index in [9.17, 15) is 4.79 Å². The van der Waals surface area contributed by atoms with Gasteiger partial charge in [-0.25, -0.2) is 0 Å². The fourth-order valence-corrected chi connectivity index (χ4v) is 1.73. The molecule has 1 unspecified atom stereocenters. The number of carboxylic acids is 1.